The van der Waals surface area contributed by atoms with E-state index in [4.69, 9.17) is 4.74 Å². The molecule has 3 rings (SSSR count). The van der Waals surface area contributed by atoms with Gasteiger partial charge in [-0.1, -0.05) is 36.4 Å². The summed E-state index contributed by atoms with van der Waals surface area (Å²) in [6.45, 7) is 7.23. The predicted octanol–water partition coefficient (Wildman–Crippen LogP) is 2.95. The molecule has 0 aromatic heterocycles. The van der Waals surface area contributed by atoms with Crippen LogP contribution >= 0.6 is 0 Å². The van der Waals surface area contributed by atoms with E-state index in [-0.39, 0.29) is 23.2 Å². The van der Waals surface area contributed by atoms with Gasteiger partial charge in [-0.3, -0.25) is 24.5 Å². The zero-order chi connectivity index (χ0) is 23.6. The summed E-state index contributed by atoms with van der Waals surface area (Å²) in [7, 11) is 0. The molecule has 0 spiro atoms. The Morgan fingerprint density at radius 2 is 1.69 bits per heavy atom. The lowest BCUT2D eigenvalue weighted by molar-refractivity contribution is -0.385. The van der Waals surface area contributed by atoms with E-state index in [0.29, 0.717) is 6.54 Å². The third-order valence-corrected chi connectivity index (χ3v) is 4.99. The van der Waals surface area contributed by atoms with Gasteiger partial charge in [0.05, 0.1) is 4.92 Å². The van der Waals surface area contributed by atoms with Gasteiger partial charge in [0.15, 0.2) is 12.4 Å². The van der Waals surface area contributed by atoms with Crippen molar-refractivity contribution in [2.24, 2.45) is 0 Å². The number of likely N-dealkylation sites (N-methyl/N-ethyl adjacent to an activating group) is 1. The summed E-state index contributed by atoms with van der Waals surface area (Å²) >= 11 is 0. The van der Waals surface area contributed by atoms with Gasteiger partial charge in [-0.25, -0.2) is 4.79 Å². The number of nitrogens with zero attached hydrogens (tertiary/aromatic N) is 2. The minimum Gasteiger partial charge on any atom is -0.452 e. The van der Waals surface area contributed by atoms with Gasteiger partial charge in [0.2, 0.25) is 5.78 Å². The Balaban J connectivity index is 1.95. The monoisotopic (exact) mass is 436 g/mol. The first kappa shape index (κ1) is 22.5. The Hall–Kier alpha value is -4.14. The molecule has 32 heavy (non-hydrogen) atoms. The summed E-state index contributed by atoms with van der Waals surface area (Å²) in [5.74, 6) is -2.92. The smallest absolute Gasteiger partial charge is 0.345 e. The molecule has 0 saturated carbocycles. The maximum atomic E-state index is 13.0. The summed E-state index contributed by atoms with van der Waals surface area (Å²) in [6, 6.07) is 8.23. The molecule has 0 bridgehead atoms. The molecule has 0 radical (unpaired) electrons. The number of esters is 1. The molecule has 2 aromatic carbocycles. The van der Waals surface area contributed by atoms with Crippen molar-refractivity contribution in [3.05, 3.63) is 86.5 Å². The topological polar surface area (TPSA) is 124 Å². The summed E-state index contributed by atoms with van der Waals surface area (Å²) < 4.78 is 5.01. The Bertz CT molecular complexity index is 1180. The quantitative estimate of drug-likeness (QED) is 0.241. The van der Waals surface area contributed by atoms with Crippen LogP contribution in [0.15, 0.2) is 48.6 Å². The molecule has 0 atom stereocenters. The molecular weight excluding hydrogens is 416 g/mol. The molecule has 9 heteroatoms. The van der Waals surface area contributed by atoms with Crippen molar-refractivity contribution in [3.63, 3.8) is 0 Å². The number of hydrogen-bond acceptors (Lipinski definition) is 7. The lowest BCUT2D eigenvalue weighted by atomic mass is 9.82. The fourth-order valence-corrected chi connectivity index (χ4v) is 3.52. The summed E-state index contributed by atoms with van der Waals surface area (Å²) in [4.78, 5) is 63.0. The first-order chi connectivity index (χ1) is 15.2. The minimum atomic E-state index is -1.14. The molecule has 0 unspecified atom stereocenters. The minimum absolute atomic E-state index is 0.0205. The normalized spacial score (nSPS) is 11.9. The fraction of sp³-hybridized carbons (Fsp3) is 0.217. The van der Waals surface area contributed by atoms with Crippen molar-refractivity contribution in [1.82, 2.24) is 4.90 Å². The van der Waals surface area contributed by atoms with Gasteiger partial charge in [-0.15, -0.1) is 0 Å². The van der Waals surface area contributed by atoms with Gasteiger partial charge in [0, 0.05) is 29.8 Å². The van der Waals surface area contributed by atoms with Crippen molar-refractivity contribution >= 4 is 29.1 Å². The van der Waals surface area contributed by atoms with E-state index in [1.165, 1.54) is 29.2 Å². The van der Waals surface area contributed by atoms with Crippen molar-refractivity contribution in [3.8, 4) is 0 Å². The van der Waals surface area contributed by atoms with Crippen LogP contribution in [0, 0.1) is 10.1 Å². The summed E-state index contributed by atoms with van der Waals surface area (Å²) in [5.41, 5.74) is -1.06. The van der Waals surface area contributed by atoms with E-state index in [1.807, 2.05) is 0 Å². The SMILES string of the molecule is C=C(C)CN(CC)C(=O)COC(=O)c1ccc2c(c1[N+](=O)[O-])C(=O)c1ccccc1C2=O. The first-order valence-corrected chi connectivity index (χ1v) is 9.76. The number of benzene rings is 2. The molecule has 2 aromatic rings. The first-order valence-electron chi connectivity index (χ1n) is 9.76. The van der Waals surface area contributed by atoms with Crippen LogP contribution in [0.4, 0.5) is 5.69 Å². The number of carbonyl (C=O) groups is 4. The lowest BCUT2D eigenvalue weighted by Crippen LogP contribution is -2.35. The molecule has 1 aliphatic rings. The zero-order valence-electron chi connectivity index (χ0n) is 17.5. The van der Waals surface area contributed by atoms with Crippen LogP contribution in [0.3, 0.4) is 0 Å². The molecule has 9 nitrogen and oxygen atoms in total. The average molecular weight is 436 g/mol. The van der Waals surface area contributed by atoms with Crippen LogP contribution in [-0.4, -0.2) is 53.0 Å². The molecular formula is C23H20N2O7. The van der Waals surface area contributed by atoms with Crippen LogP contribution in [-0.2, 0) is 9.53 Å². The largest absolute Gasteiger partial charge is 0.452 e. The van der Waals surface area contributed by atoms with E-state index in [0.717, 1.165) is 11.6 Å². The van der Waals surface area contributed by atoms with Gasteiger partial charge in [0.25, 0.3) is 11.6 Å². The van der Waals surface area contributed by atoms with E-state index in [2.05, 4.69) is 6.58 Å². The number of ether oxygens (including phenoxy) is 1. The van der Waals surface area contributed by atoms with Gasteiger partial charge in [0.1, 0.15) is 11.1 Å². The molecule has 0 heterocycles. The van der Waals surface area contributed by atoms with Gasteiger partial charge in [-0.05, 0) is 26.0 Å². The maximum Gasteiger partial charge on any atom is 0.345 e. The molecule has 0 aliphatic heterocycles. The van der Waals surface area contributed by atoms with E-state index in [1.54, 1.807) is 19.9 Å². The molecule has 0 fully saturated rings. The number of nitro benzene ring substituents is 1. The number of hydrogen-bond donors (Lipinski definition) is 0. The molecule has 0 N–H and O–H groups in total. The molecule has 1 aliphatic carbocycles. The predicted molar refractivity (Wildman–Crippen MR) is 114 cm³/mol. The van der Waals surface area contributed by atoms with Crippen LogP contribution in [0.5, 0.6) is 0 Å². The number of nitro groups is 1. The Morgan fingerprint density at radius 1 is 1.06 bits per heavy atom. The highest BCUT2D eigenvalue weighted by Gasteiger charge is 2.39. The van der Waals surface area contributed by atoms with Crippen molar-refractivity contribution < 1.29 is 28.8 Å². The zero-order valence-corrected chi connectivity index (χ0v) is 17.5. The Labute approximate surface area is 183 Å². The van der Waals surface area contributed by atoms with Crippen molar-refractivity contribution in [2.75, 3.05) is 19.7 Å². The molecule has 1 amide bonds. The number of fused-ring (bicyclic) bond motifs is 2. The average Bonchev–Trinajstić information content (AvgIpc) is 2.77. The van der Waals surface area contributed by atoms with Crippen LogP contribution < -0.4 is 0 Å². The van der Waals surface area contributed by atoms with Crippen LogP contribution in [0.2, 0.25) is 0 Å². The number of amides is 1. The van der Waals surface area contributed by atoms with E-state index >= 15 is 0 Å². The number of ketones is 2. The van der Waals surface area contributed by atoms with E-state index in [9.17, 15) is 29.3 Å². The van der Waals surface area contributed by atoms with Crippen molar-refractivity contribution in [1.29, 1.82) is 0 Å². The highest BCUT2D eigenvalue weighted by molar-refractivity contribution is 6.30. The summed E-state index contributed by atoms with van der Waals surface area (Å²) in [6.07, 6.45) is 0. The molecule has 0 saturated heterocycles. The second kappa shape index (κ2) is 8.93. The fourth-order valence-electron chi connectivity index (χ4n) is 3.52. The maximum absolute atomic E-state index is 13.0. The Morgan fingerprint density at radius 3 is 2.25 bits per heavy atom. The highest BCUT2D eigenvalue weighted by Crippen LogP contribution is 2.35. The highest BCUT2D eigenvalue weighted by atomic mass is 16.6. The van der Waals surface area contributed by atoms with E-state index < -0.39 is 51.8 Å². The molecule has 164 valence electrons. The lowest BCUT2D eigenvalue weighted by Gasteiger charge is -2.21. The Kier molecular flexibility index (Phi) is 6.29. The van der Waals surface area contributed by atoms with Crippen LogP contribution in [0.25, 0.3) is 0 Å². The standard InChI is InChI=1S/C23H20N2O7/c1-4-24(11-13(2)3)18(26)12-32-23(29)17-10-9-16-19(20(17)25(30)31)22(28)15-8-6-5-7-14(15)21(16)27/h5-10H,2,4,11-12H2,1,3H3. The third-order valence-electron chi connectivity index (χ3n) is 4.99. The van der Waals surface area contributed by atoms with Gasteiger partial charge >= 0.3 is 5.97 Å². The third kappa shape index (κ3) is 4.04. The number of rotatable bonds is 7. The van der Waals surface area contributed by atoms with Gasteiger partial charge < -0.3 is 9.64 Å². The second-order valence-corrected chi connectivity index (χ2v) is 7.29. The van der Waals surface area contributed by atoms with Gasteiger partial charge in [-0.2, -0.15) is 0 Å². The second-order valence-electron chi connectivity index (χ2n) is 7.29. The number of carbonyl (C=O) groups excluding carboxylic acids is 4. The summed E-state index contributed by atoms with van der Waals surface area (Å²) in [5, 5.41) is 11.8. The van der Waals surface area contributed by atoms with Crippen LogP contribution in [0.1, 0.15) is 56.0 Å². The van der Waals surface area contributed by atoms with Crippen molar-refractivity contribution in [2.45, 2.75) is 13.8 Å².